The van der Waals surface area contributed by atoms with Crippen LogP contribution in [0, 0.1) is 17.8 Å². The summed E-state index contributed by atoms with van der Waals surface area (Å²) in [6.45, 7) is 13.2. The van der Waals surface area contributed by atoms with E-state index in [9.17, 15) is 14.4 Å². The van der Waals surface area contributed by atoms with E-state index in [2.05, 4.69) is 44.8 Å². The molecule has 2 aromatic carbocycles. The van der Waals surface area contributed by atoms with Gasteiger partial charge in [-0.2, -0.15) is 0 Å². The van der Waals surface area contributed by atoms with E-state index in [4.69, 9.17) is 27.9 Å². The summed E-state index contributed by atoms with van der Waals surface area (Å²) in [7, 11) is 1.55. The number of benzene rings is 2. The second kappa shape index (κ2) is 13.5. The number of halogens is 2. The van der Waals surface area contributed by atoms with E-state index in [-0.39, 0.29) is 34.9 Å². The van der Waals surface area contributed by atoms with Crippen LogP contribution in [0.4, 0.5) is 0 Å². The lowest BCUT2D eigenvalue weighted by molar-refractivity contribution is -0.123. The van der Waals surface area contributed by atoms with Gasteiger partial charge in [0.05, 0.1) is 0 Å². The van der Waals surface area contributed by atoms with E-state index in [1.165, 1.54) is 0 Å². The number of likely N-dealkylation sites (N-methyl/N-ethyl adjacent to an activating group) is 1. The van der Waals surface area contributed by atoms with Crippen LogP contribution in [-0.4, -0.2) is 42.6 Å². The number of ether oxygens (including phenoxy) is 1. The van der Waals surface area contributed by atoms with Crippen LogP contribution in [0.3, 0.4) is 0 Å². The monoisotopic (exact) mass is 638 g/mol. The van der Waals surface area contributed by atoms with Crippen molar-refractivity contribution in [2.24, 2.45) is 10.8 Å². The van der Waals surface area contributed by atoms with Gasteiger partial charge in [0.15, 0.2) is 18.2 Å². The Kier molecular flexibility index (Phi) is 10.4. The molecule has 0 fully saturated rings. The molecule has 6 nitrogen and oxygen atoms in total. The summed E-state index contributed by atoms with van der Waals surface area (Å²) >= 11 is 12.2. The highest BCUT2D eigenvalue weighted by atomic mass is 35.5. The third kappa shape index (κ3) is 7.40. The van der Waals surface area contributed by atoms with Crippen LogP contribution in [0.15, 0.2) is 65.0 Å². The van der Waals surface area contributed by atoms with Crippen LogP contribution in [0.25, 0.3) is 0 Å². The molecular weight excluding hydrogens is 595 g/mol. The van der Waals surface area contributed by atoms with Gasteiger partial charge in [0.2, 0.25) is 0 Å². The molecule has 1 aliphatic heterocycles. The number of amides is 1. The fourth-order valence-electron chi connectivity index (χ4n) is 6.50. The molecule has 2 aliphatic carbocycles. The minimum absolute atomic E-state index is 0.0637. The second-order valence-corrected chi connectivity index (χ2v) is 14.4. The number of hydrogen-bond acceptors (Lipinski definition) is 5. The summed E-state index contributed by atoms with van der Waals surface area (Å²) in [5, 5.41) is 3.90. The summed E-state index contributed by atoms with van der Waals surface area (Å²) in [6, 6.07) is 13.0. The van der Waals surface area contributed by atoms with Gasteiger partial charge in [0.25, 0.3) is 5.91 Å². The van der Waals surface area contributed by atoms with Crippen LogP contribution >= 0.6 is 23.2 Å². The Hall–Kier alpha value is -3.09. The van der Waals surface area contributed by atoms with Crippen molar-refractivity contribution in [3.63, 3.8) is 0 Å². The summed E-state index contributed by atoms with van der Waals surface area (Å²) in [5.41, 5.74) is 4.85. The topological polar surface area (TPSA) is 75.7 Å². The van der Waals surface area contributed by atoms with E-state index in [1.54, 1.807) is 25.2 Å². The average Bonchev–Trinajstić information content (AvgIpc) is 2.93. The van der Waals surface area contributed by atoms with Gasteiger partial charge in [0, 0.05) is 70.5 Å². The fraction of sp³-hybridized carbons (Fsp3) is 0.472. The SMILES string of the molecule is CCCN1C2=C(C(=O)CC(C)(C)C2)C(c2cc(Cl)ccc2OCC(=O)NC)C2=C1CC(C)(C)CC2=O.Cc1ccccc1Cl. The van der Waals surface area contributed by atoms with Gasteiger partial charge in [-0.1, -0.05) is 76.0 Å². The van der Waals surface area contributed by atoms with Crippen molar-refractivity contribution in [2.75, 3.05) is 20.2 Å². The van der Waals surface area contributed by atoms with Crippen LogP contribution in [0.2, 0.25) is 10.0 Å². The van der Waals surface area contributed by atoms with Crippen LogP contribution in [-0.2, 0) is 14.4 Å². The zero-order valence-corrected chi connectivity index (χ0v) is 28.4. The maximum absolute atomic E-state index is 13.8. The number of hydrogen-bond donors (Lipinski definition) is 1. The van der Waals surface area contributed by atoms with Crippen LogP contribution in [0.1, 0.15) is 83.8 Å². The number of aryl methyl sites for hydroxylation is 1. The molecule has 0 bridgehead atoms. The highest BCUT2D eigenvalue weighted by molar-refractivity contribution is 6.31. The van der Waals surface area contributed by atoms with E-state index in [0.717, 1.165) is 47.8 Å². The largest absolute Gasteiger partial charge is 0.483 e. The zero-order chi connectivity index (χ0) is 32.4. The number of ketones is 2. The number of nitrogens with one attached hydrogen (secondary N) is 1. The molecule has 2 aromatic rings. The lowest BCUT2D eigenvalue weighted by Crippen LogP contribution is -2.44. The third-order valence-corrected chi connectivity index (χ3v) is 9.13. The van der Waals surface area contributed by atoms with Crippen molar-refractivity contribution in [3.05, 3.63) is 86.2 Å². The Morgan fingerprint density at radius 3 is 1.98 bits per heavy atom. The highest BCUT2D eigenvalue weighted by Gasteiger charge is 2.49. The molecule has 0 aromatic heterocycles. The molecule has 0 unspecified atom stereocenters. The van der Waals surface area contributed by atoms with E-state index in [1.807, 2.05) is 31.2 Å². The third-order valence-electron chi connectivity index (χ3n) is 8.47. The maximum Gasteiger partial charge on any atom is 0.257 e. The van der Waals surface area contributed by atoms with Crippen LogP contribution < -0.4 is 10.1 Å². The molecule has 0 spiro atoms. The Morgan fingerprint density at radius 2 is 1.50 bits per heavy atom. The van der Waals surface area contributed by atoms with E-state index < -0.39 is 5.92 Å². The Labute approximate surface area is 271 Å². The summed E-state index contributed by atoms with van der Waals surface area (Å²) in [6.07, 6.45) is 3.24. The average molecular weight is 640 g/mol. The molecule has 1 heterocycles. The van der Waals surface area contributed by atoms with Crippen molar-refractivity contribution in [1.29, 1.82) is 0 Å². The molecule has 0 saturated heterocycles. The van der Waals surface area contributed by atoms with Crippen molar-refractivity contribution >= 4 is 40.7 Å². The Bertz CT molecular complexity index is 1450. The molecule has 5 rings (SSSR count). The molecule has 3 aliphatic rings. The molecule has 236 valence electrons. The van der Waals surface area contributed by atoms with Gasteiger partial charge in [0.1, 0.15) is 5.75 Å². The number of Topliss-reactive ketones (excluding diaryl/α,β-unsaturated/α-hetero) is 2. The highest BCUT2D eigenvalue weighted by Crippen LogP contribution is 2.55. The minimum atomic E-state index is -0.561. The molecule has 44 heavy (non-hydrogen) atoms. The first-order chi connectivity index (χ1) is 20.7. The summed E-state index contributed by atoms with van der Waals surface area (Å²) in [4.78, 5) is 41.9. The van der Waals surface area contributed by atoms with E-state index >= 15 is 0 Å². The van der Waals surface area contributed by atoms with Crippen molar-refractivity contribution in [2.45, 2.75) is 79.6 Å². The number of nitrogens with zero attached hydrogens (tertiary/aromatic N) is 1. The molecular formula is C36H44Cl2N2O4. The molecule has 0 radical (unpaired) electrons. The van der Waals surface area contributed by atoms with Gasteiger partial charge in [-0.25, -0.2) is 0 Å². The second-order valence-electron chi connectivity index (χ2n) is 13.6. The van der Waals surface area contributed by atoms with Gasteiger partial charge in [-0.3, -0.25) is 14.4 Å². The molecule has 0 atom stereocenters. The van der Waals surface area contributed by atoms with Crippen LogP contribution in [0.5, 0.6) is 5.75 Å². The molecule has 1 N–H and O–H groups in total. The minimum Gasteiger partial charge on any atom is -0.483 e. The van der Waals surface area contributed by atoms with Gasteiger partial charge >= 0.3 is 0 Å². The predicted octanol–water partition coefficient (Wildman–Crippen LogP) is 8.21. The van der Waals surface area contributed by atoms with Gasteiger partial charge < -0.3 is 15.0 Å². The maximum atomic E-state index is 13.8. The molecule has 8 heteroatoms. The smallest absolute Gasteiger partial charge is 0.257 e. The van der Waals surface area contributed by atoms with Crippen molar-refractivity contribution in [1.82, 2.24) is 10.2 Å². The van der Waals surface area contributed by atoms with Gasteiger partial charge in [-0.05, 0) is 66.8 Å². The zero-order valence-electron chi connectivity index (χ0n) is 26.9. The molecule has 1 amide bonds. The predicted molar refractivity (Wildman–Crippen MR) is 177 cm³/mol. The normalized spacial score (nSPS) is 19.2. The summed E-state index contributed by atoms with van der Waals surface area (Å²) in [5.74, 6) is -0.235. The standard InChI is InChI=1S/C29H37ClN2O4.C7H7Cl/c1-7-10-32-19-12-28(2,3)14-21(33)26(19)25(27-20(32)13-29(4,5)15-22(27)34)18-11-17(30)8-9-23(18)36-16-24(35)31-6;1-6-4-2-3-5-7(6)8/h8-9,11,25H,7,10,12-16H2,1-6H3,(H,31,35);2-5H,1H3. The quantitative estimate of drug-likeness (QED) is 0.345. The first-order valence-electron chi connectivity index (χ1n) is 15.3. The lowest BCUT2D eigenvalue weighted by Gasteiger charge is -2.49. The van der Waals surface area contributed by atoms with E-state index in [0.29, 0.717) is 40.3 Å². The number of carbonyl (C=O) groups is 3. The fourth-order valence-corrected chi connectivity index (χ4v) is 6.81. The first kappa shape index (κ1) is 33.8. The van der Waals surface area contributed by atoms with Crippen molar-refractivity contribution < 1.29 is 19.1 Å². The number of carbonyl (C=O) groups excluding carboxylic acids is 3. The van der Waals surface area contributed by atoms with Gasteiger partial charge in [-0.15, -0.1) is 0 Å². The number of rotatable bonds is 6. The van der Waals surface area contributed by atoms with Crippen molar-refractivity contribution in [3.8, 4) is 5.75 Å². The Balaban J connectivity index is 0.000000479. The summed E-state index contributed by atoms with van der Waals surface area (Å²) < 4.78 is 5.93. The molecule has 0 saturated carbocycles. The lowest BCUT2D eigenvalue weighted by atomic mass is 9.63. The Morgan fingerprint density at radius 1 is 0.932 bits per heavy atom. The first-order valence-corrected chi connectivity index (χ1v) is 16.1. The number of allylic oxidation sites excluding steroid dienone is 4.